The van der Waals surface area contributed by atoms with Crippen molar-refractivity contribution in [1.29, 1.82) is 0 Å². The Kier molecular flexibility index (Phi) is 3.42. The van der Waals surface area contributed by atoms with Crippen LogP contribution in [0.5, 0.6) is 0 Å². The lowest BCUT2D eigenvalue weighted by Gasteiger charge is -2.01. The second-order valence-electron chi connectivity index (χ2n) is 2.88. The van der Waals surface area contributed by atoms with Crippen LogP contribution in [0, 0.1) is 0 Å². The van der Waals surface area contributed by atoms with Crippen LogP contribution in [0.25, 0.3) is 0 Å². The molecular weight excluding hydrogens is 170 g/mol. The van der Waals surface area contributed by atoms with E-state index in [1.165, 1.54) is 4.68 Å². The number of unbranched alkanes of at least 4 members (excludes halogenated alkanes) is 1. The zero-order valence-corrected chi connectivity index (χ0v) is 7.60. The minimum atomic E-state index is -0.886. The first-order valence-electron chi connectivity index (χ1n) is 4.33. The molecule has 0 aromatic carbocycles. The molecule has 0 aliphatic heterocycles. The Labute approximate surface area is 76.4 Å². The van der Waals surface area contributed by atoms with Crippen LogP contribution in [0.15, 0.2) is 6.20 Å². The number of carbonyl (C=O) groups is 1. The van der Waals surface area contributed by atoms with Gasteiger partial charge in [-0.25, -0.2) is 4.68 Å². The van der Waals surface area contributed by atoms with Crippen LogP contribution >= 0.6 is 0 Å². The molecule has 1 aromatic rings. The molecule has 5 heteroatoms. The third kappa shape index (κ3) is 2.85. The number of aromatic nitrogens is 3. The first-order chi connectivity index (χ1) is 6.24. The Hall–Kier alpha value is -1.39. The van der Waals surface area contributed by atoms with Crippen molar-refractivity contribution < 1.29 is 9.90 Å². The standard InChI is InChI=1S/C8H13N3O2/c1-2-3-4-7-5-9-10-11(7)6-8(12)13/h5H,2-4,6H2,1H3,(H,12,13). The lowest BCUT2D eigenvalue weighted by molar-refractivity contribution is -0.137. The van der Waals surface area contributed by atoms with Crippen LogP contribution in [-0.2, 0) is 17.8 Å². The summed E-state index contributed by atoms with van der Waals surface area (Å²) in [5.41, 5.74) is 0.893. The van der Waals surface area contributed by atoms with Gasteiger partial charge in [-0.3, -0.25) is 4.79 Å². The predicted octanol–water partition coefficient (Wildman–Crippen LogP) is 0.705. The highest BCUT2D eigenvalue weighted by molar-refractivity contribution is 5.66. The van der Waals surface area contributed by atoms with Gasteiger partial charge in [-0.15, -0.1) is 5.10 Å². The van der Waals surface area contributed by atoms with Crippen molar-refractivity contribution in [1.82, 2.24) is 15.0 Å². The van der Waals surface area contributed by atoms with Gasteiger partial charge in [0.2, 0.25) is 0 Å². The summed E-state index contributed by atoms with van der Waals surface area (Å²) in [4.78, 5) is 10.4. The van der Waals surface area contributed by atoms with Crippen molar-refractivity contribution >= 4 is 5.97 Å². The molecule has 0 bridgehead atoms. The van der Waals surface area contributed by atoms with E-state index in [0.29, 0.717) is 0 Å². The van der Waals surface area contributed by atoms with Gasteiger partial charge in [0, 0.05) is 0 Å². The molecule has 0 aliphatic carbocycles. The van der Waals surface area contributed by atoms with Gasteiger partial charge < -0.3 is 5.11 Å². The number of aliphatic carboxylic acids is 1. The lowest BCUT2D eigenvalue weighted by Crippen LogP contribution is -2.13. The number of hydrogen-bond acceptors (Lipinski definition) is 3. The van der Waals surface area contributed by atoms with Gasteiger partial charge in [0.15, 0.2) is 0 Å². The largest absolute Gasteiger partial charge is 0.480 e. The van der Waals surface area contributed by atoms with Crippen molar-refractivity contribution in [2.75, 3.05) is 0 Å². The fourth-order valence-corrected chi connectivity index (χ4v) is 1.09. The van der Waals surface area contributed by atoms with Gasteiger partial charge in [-0.2, -0.15) is 0 Å². The third-order valence-corrected chi connectivity index (χ3v) is 1.77. The van der Waals surface area contributed by atoms with E-state index in [4.69, 9.17) is 5.11 Å². The Morgan fingerprint density at radius 2 is 2.46 bits per heavy atom. The minimum Gasteiger partial charge on any atom is -0.480 e. The second-order valence-corrected chi connectivity index (χ2v) is 2.88. The Morgan fingerprint density at radius 1 is 1.69 bits per heavy atom. The average molecular weight is 183 g/mol. The monoisotopic (exact) mass is 183 g/mol. The molecule has 0 spiro atoms. The number of aryl methyl sites for hydroxylation is 1. The summed E-state index contributed by atoms with van der Waals surface area (Å²) in [5, 5.41) is 15.9. The van der Waals surface area contributed by atoms with Crippen molar-refractivity contribution in [3.8, 4) is 0 Å². The van der Waals surface area contributed by atoms with Gasteiger partial charge in [0.1, 0.15) is 6.54 Å². The van der Waals surface area contributed by atoms with Gasteiger partial charge in [-0.05, 0) is 12.8 Å². The second kappa shape index (κ2) is 4.59. The molecule has 0 amide bonds. The molecule has 1 N–H and O–H groups in total. The highest BCUT2D eigenvalue weighted by atomic mass is 16.4. The Bertz CT molecular complexity index is 283. The summed E-state index contributed by atoms with van der Waals surface area (Å²) in [6.07, 6.45) is 4.58. The van der Waals surface area contributed by atoms with Crippen LogP contribution in [0.4, 0.5) is 0 Å². The summed E-state index contributed by atoms with van der Waals surface area (Å²) < 4.78 is 1.43. The SMILES string of the molecule is CCCCc1cnnn1CC(=O)O. The van der Waals surface area contributed by atoms with Gasteiger partial charge in [0.05, 0.1) is 11.9 Å². The molecule has 0 radical (unpaired) electrons. The predicted molar refractivity (Wildman–Crippen MR) is 46.3 cm³/mol. The van der Waals surface area contributed by atoms with Gasteiger partial charge in [0.25, 0.3) is 0 Å². The summed E-state index contributed by atoms with van der Waals surface area (Å²) in [6, 6.07) is 0. The summed E-state index contributed by atoms with van der Waals surface area (Å²) in [6.45, 7) is 1.99. The van der Waals surface area contributed by atoms with E-state index in [2.05, 4.69) is 17.2 Å². The molecule has 13 heavy (non-hydrogen) atoms. The normalized spacial score (nSPS) is 10.2. The molecule has 0 aliphatic rings. The Morgan fingerprint density at radius 3 is 3.08 bits per heavy atom. The van der Waals surface area contributed by atoms with Crippen LogP contribution in [0.3, 0.4) is 0 Å². The summed E-state index contributed by atoms with van der Waals surface area (Å²) in [7, 11) is 0. The van der Waals surface area contributed by atoms with Crippen LogP contribution in [0.1, 0.15) is 25.5 Å². The minimum absolute atomic E-state index is 0.0982. The molecule has 1 rings (SSSR count). The lowest BCUT2D eigenvalue weighted by atomic mass is 10.2. The summed E-state index contributed by atoms with van der Waals surface area (Å²) in [5.74, 6) is -0.886. The average Bonchev–Trinajstić information content (AvgIpc) is 2.48. The van der Waals surface area contributed by atoms with E-state index in [-0.39, 0.29) is 6.54 Å². The first kappa shape index (κ1) is 9.70. The zero-order chi connectivity index (χ0) is 9.68. The molecule has 5 nitrogen and oxygen atoms in total. The van der Waals surface area contributed by atoms with Crippen LogP contribution in [-0.4, -0.2) is 26.1 Å². The van der Waals surface area contributed by atoms with Crippen molar-refractivity contribution in [2.45, 2.75) is 32.7 Å². The van der Waals surface area contributed by atoms with Crippen molar-refractivity contribution in [3.63, 3.8) is 0 Å². The zero-order valence-electron chi connectivity index (χ0n) is 7.60. The maximum Gasteiger partial charge on any atom is 0.325 e. The maximum absolute atomic E-state index is 10.4. The molecule has 72 valence electrons. The molecule has 1 aromatic heterocycles. The maximum atomic E-state index is 10.4. The third-order valence-electron chi connectivity index (χ3n) is 1.77. The fourth-order valence-electron chi connectivity index (χ4n) is 1.09. The summed E-state index contributed by atoms with van der Waals surface area (Å²) >= 11 is 0. The number of carboxylic acid groups (broad SMARTS) is 1. The molecule has 1 heterocycles. The fraction of sp³-hybridized carbons (Fsp3) is 0.625. The van der Waals surface area contributed by atoms with E-state index < -0.39 is 5.97 Å². The molecular formula is C8H13N3O2. The highest BCUT2D eigenvalue weighted by Gasteiger charge is 2.06. The Balaban J connectivity index is 2.60. The van der Waals surface area contributed by atoms with Gasteiger partial charge >= 0.3 is 5.97 Å². The smallest absolute Gasteiger partial charge is 0.325 e. The molecule has 0 fully saturated rings. The van der Waals surface area contributed by atoms with Crippen molar-refractivity contribution in [2.24, 2.45) is 0 Å². The molecule has 0 saturated carbocycles. The van der Waals surface area contributed by atoms with E-state index in [1.54, 1.807) is 6.20 Å². The van der Waals surface area contributed by atoms with Crippen LogP contribution in [0.2, 0.25) is 0 Å². The number of nitrogens with zero attached hydrogens (tertiary/aromatic N) is 3. The quantitative estimate of drug-likeness (QED) is 0.729. The highest BCUT2D eigenvalue weighted by Crippen LogP contribution is 2.02. The van der Waals surface area contributed by atoms with E-state index in [1.807, 2.05) is 0 Å². The van der Waals surface area contributed by atoms with Gasteiger partial charge in [-0.1, -0.05) is 18.6 Å². The topological polar surface area (TPSA) is 68.0 Å². The van der Waals surface area contributed by atoms with Crippen LogP contribution < -0.4 is 0 Å². The van der Waals surface area contributed by atoms with E-state index in [9.17, 15) is 4.79 Å². The van der Waals surface area contributed by atoms with Crippen molar-refractivity contribution in [3.05, 3.63) is 11.9 Å². The number of carboxylic acids is 1. The van der Waals surface area contributed by atoms with E-state index in [0.717, 1.165) is 25.0 Å². The molecule has 0 saturated heterocycles. The number of hydrogen-bond donors (Lipinski definition) is 1. The number of rotatable bonds is 5. The van der Waals surface area contributed by atoms with E-state index >= 15 is 0 Å². The molecule has 0 unspecified atom stereocenters. The first-order valence-corrected chi connectivity index (χ1v) is 4.33. The molecule has 0 atom stereocenters.